The van der Waals surface area contributed by atoms with Gasteiger partial charge in [0.05, 0.1) is 12.3 Å². The molecular formula is C11H13N3OS2. The second-order valence-corrected chi connectivity index (χ2v) is 5.40. The Morgan fingerprint density at radius 3 is 3.24 bits per heavy atom. The average Bonchev–Trinajstić information content (AvgIpc) is 2.99. The molecule has 90 valence electrons. The molecule has 0 bridgehead atoms. The van der Waals surface area contributed by atoms with Crippen LogP contribution in [0.25, 0.3) is 0 Å². The van der Waals surface area contributed by atoms with Crippen LogP contribution in [0.5, 0.6) is 0 Å². The summed E-state index contributed by atoms with van der Waals surface area (Å²) in [6.45, 7) is 0.464. The third-order valence-electron chi connectivity index (χ3n) is 2.07. The second kappa shape index (κ2) is 6.46. The predicted octanol–water partition coefficient (Wildman–Crippen LogP) is 2.02. The van der Waals surface area contributed by atoms with E-state index in [1.165, 1.54) is 4.88 Å². The first kappa shape index (κ1) is 12.2. The minimum Gasteiger partial charge on any atom is -0.348 e. The van der Waals surface area contributed by atoms with Gasteiger partial charge in [0.25, 0.3) is 0 Å². The molecule has 2 rings (SSSR count). The Morgan fingerprint density at radius 1 is 1.59 bits per heavy atom. The molecule has 0 aliphatic rings. The van der Waals surface area contributed by atoms with Crippen LogP contribution < -0.4 is 5.32 Å². The highest BCUT2D eigenvalue weighted by Crippen LogP contribution is 2.16. The van der Waals surface area contributed by atoms with E-state index in [0.29, 0.717) is 12.3 Å². The molecule has 2 N–H and O–H groups in total. The van der Waals surface area contributed by atoms with E-state index >= 15 is 0 Å². The second-order valence-electron chi connectivity index (χ2n) is 3.38. The summed E-state index contributed by atoms with van der Waals surface area (Å²) >= 11 is 3.34. The maximum atomic E-state index is 11.5. The molecule has 0 radical (unpaired) electrons. The minimum absolute atomic E-state index is 0.0444. The molecule has 0 saturated heterocycles. The molecule has 0 aliphatic heterocycles. The van der Waals surface area contributed by atoms with Gasteiger partial charge in [-0.05, 0) is 11.4 Å². The smallest absolute Gasteiger partial charge is 0.230 e. The van der Waals surface area contributed by atoms with Crippen LogP contribution in [0.4, 0.5) is 0 Å². The molecule has 2 aromatic rings. The van der Waals surface area contributed by atoms with E-state index in [-0.39, 0.29) is 5.91 Å². The summed E-state index contributed by atoms with van der Waals surface area (Å²) in [4.78, 5) is 19.8. The SMILES string of the molecule is O=C(CSCc1cccs1)NCc1ncc[nH]1. The highest BCUT2D eigenvalue weighted by molar-refractivity contribution is 7.99. The number of aromatic nitrogens is 2. The Morgan fingerprint density at radius 2 is 2.53 bits per heavy atom. The topological polar surface area (TPSA) is 57.8 Å². The van der Waals surface area contributed by atoms with Crippen molar-refractivity contribution in [2.45, 2.75) is 12.3 Å². The van der Waals surface area contributed by atoms with Crippen LogP contribution in [-0.2, 0) is 17.1 Å². The summed E-state index contributed by atoms with van der Waals surface area (Å²) in [7, 11) is 0. The molecular weight excluding hydrogens is 254 g/mol. The Kier molecular flexibility index (Phi) is 4.63. The summed E-state index contributed by atoms with van der Waals surface area (Å²) in [5, 5.41) is 4.86. The van der Waals surface area contributed by atoms with Crippen LogP contribution in [0.3, 0.4) is 0 Å². The van der Waals surface area contributed by atoms with Gasteiger partial charge >= 0.3 is 0 Å². The summed E-state index contributed by atoms with van der Waals surface area (Å²) in [6, 6.07) is 4.11. The lowest BCUT2D eigenvalue weighted by molar-refractivity contribution is -0.118. The van der Waals surface area contributed by atoms with Crippen LogP contribution in [0.2, 0.25) is 0 Å². The zero-order valence-corrected chi connectivity index (χ0v) is 10.8. The van der Waals surface area contributed by atoms with Crippen LogP contribution >= 0.6 is 23.1 Å². The molecule has 6 heteroatoms. The highest BCUT2D eigenvalue weighted by Gasteiger charge is 2.03. The van der Waals surface area contributed by atoms with Crippen molar-refractivity contribution >= 4 is 29.0 Å². The van der Waals surface area contributed by atoms with E-state index in [1.807, 2.05) is 11.4 Å². The zero-order chi connectivity index (χ0) is 11.9. The van der Waals surface area contributed by atoms with Gasteiger partial charge in [-0.25, -0.2) is 4.98 Å². The number of amides is 1. The predicted molar refractivity (Wildman–Crippen MR) is 70.9 cm³/mol. The number of hydrogen-bond acceptors (Lipinski definition) is 4. The number of thioether (sulfide) groups is 1. The van der Waals surface area contributed by atoms with Crippen molar-refractivity contribution in [3.05, 3.63) is 40.6 Å². The molecule has 0 aliphatic carbocycles. The van der Waals surface area contributed by atoms with Crippen molar-refractivity contribution in [1.29, 1.82) is 0 Å². The minimum atomic E-state index is 0.0444. The molecule has 0 spiro atoms. The van der Waals surface area contributed by atoms with Crippen molar-refractivity contribution in [2.75, 3.05) is 5.75 Å². The molecule has 1 amide bonds. The Bertz CT molecular complexity index is 439. The number of nitrogens with one attached hydrogen (secondary N) is 2. The quantitative estimate of drug-likeness (QED) is 0.842. The van der Waals surface area contributed by atoms with E-state index < -0.39 is 0 Å². The number of H-pyrrole nitrogens is 1. The fourth-order valence-corrected chi connectivity index (χ4v) is 2.97. The summed E-state index contributed by atoms with van der Waals surface area (Å²) < 4.78 is 0. The maximum Gasteiger partial charge on any atom is 0.230 e. The van der Waals surface area contributed by atoms with Crippen molar-refractivity contribution < 1.29 is 4.79 Å². The first-order valence-corrected chi connectivity index (χ1v) is 7.23. The summed E-state index contributed by atoms with van der Waals surface area (Å²) in [6.07, 6.45) is 3.42. The number of nitrogens with zero attached hydrogens (tertiary/aromatic N) is 1. The maximum absolute atomic E-state index is 11.5. The lowest BCUT2D eigenvalue weighted by Gasteiger charge is -2.02. The number of carbonyl (C=O) groups is 1. The van der Waals surface area contributed by atoms with Crippen molar-refractivity contribution in [3.63, 3.8) is 0 Å². The summed E-state index contributed by atoms with van der Waals surface area (Å²) in [5.41, 5.74) is 0. The molecule has 17 heavy (non-hydrogen) atoms. The Hall–Kier alpha value is -1.27. The molecule has 0 atom stereocenters. The number of carbonyl (C=O) groups excluding carboxylic acids is 1. The van der Waals surface area contributed by atoms with Gasteiger partial charge in [0.2, 0.25) is 5.91 Å². The van der Waals surface area contributed by atoms with Crippen molar-refractivity contribution in [3.8, 4) is 0 Å². The van der Waals surface area contributed by atoms with Crippen LogP contribution in [0.15, 0.2) is 29.9 Å². The molecule has 0 aromatic carbocycles. The van der Waals surface area contributed by atoms with Crippen molar-refractivity contribution in [1.82, 2.24) is 15.3 Å². The molecule has 0 fully saturated rings. The van der Waals surface area contributed by atoms with E-state index in [9.17, 15) is 4.79 Å². The van der Waals surface area contributed by atoms with Gasteiger partial charge in [-0.15, -0.1) is 23.1 Å². The van der Waals surface area contributed by atoms with Gasteiger partial charge < -0.3 is 10.3 Å². The van der Waals surface area contributed by atoms with Gasteiger partial charge in [0, 0.05) is 23.0 Å². The van der Waals surface area contributed by atoms with Crippen LogP contribution in [0, 0.1) is 0 Å². The van der Waals surface area contributed by atoms with Gasteiger partial charge in [-0.1, -0.05) is 6.07 Å². The number of aromatic amines is 1. The zero-order valence-electron chi connectivity index (χ0n) is 9.18. The average molecular weight is 267 g/mol. The first-order valence-electron chi connectivity index (χ1n) is 5.19. The normalized spacial score (nSPS) is 10.4. The number of imidazole rings is 1. The molecule has 2 heterocycles. The standard InChI is InChI=1S/C11H13N3OS2/c15-11(14-6-10-12-3-4-13-10)8-16-7-9-2-1-5-17-9/h1-5H,6-8H2,(H,12,13)(H,14,15). The molecule has 2 aromatic heterocycles. The number of rotatable bonds is 6. The van der Waals surface area contributed by atoms with Gasteiger partial charge in [0.1, 0.15) is 5.82 Å². The highest BCUT2D eigenvalue weighted by atomic mass is 32.2. The van der Waals surface area contributed by atoms with Crippen molar-refractivity contribution in [2.24, 2.45) is 0 Å². The molecule has 0 unspecified atom stereocenters. The first-order chi connectivity index (χ1) is 8.34. The third-order valence-corrected chi connectivity index (χ3v) is 4.11. The Labute approximate surface area is 108 Å². The molecule has 4 nitrogen and oxygen atoms in total. The van der Waals surface area contributed by atoms with Gasteiger partial charge in [-0.2, -0.15) is 0 Å². The van der Waals surface area contributed by atoms with Gasteiger partial charge in [-0.3, -0.25) is 4.79 Å². The number of hydrogen-bond donors (Lipinski definition) is 2. The Balaban J connectivity index is 1.61. The van der Waals surface area contributed by atoms with Crippen LogP contribution in [-0.4, -0.2) is 21.6 Å². The fraction of sp³-hybridized carbons (Fsp3) is 0.273. The fourth-order valence-electron chi connectivity index (χ4n) is 1.27. The monoisotopic (exact) mass is 267 g/mol. The van der Waals surface area contributed by atoms with Gasteiger partial charge in [0.15, 0.2) is 0 Å². The number of thiophene rings is 1. The third kappa shape index (κ3) is 4.24. The summed E-state index contributed by atoms with van der Waals surface area (Å²) in [5.74, 6) is 2.20. The van der Waals surface area contributed by atoms with E-state index in [2.05, 4.69) is 21.4 Å². The van der Waals surface area contributed by atoms with E-state index in [4.69, 9.17) is 0 Å². The lowest BCUT2D eigenvalue weighted by atomic mass is 10.5. The lowest BCUT2D eigenvalue weighted by Crippen LogP contribution is -2.25. The molecule has 0 saturated carbocycles. The van der Waals surface area contributed by atoms with E-state index in [0.717, 1.165) is 11.6 Å². The largest absolute Gasteiger partial charge is 0.348 e. The van der Waals surface area contributed by atoms with E-state index in [1.54, 1.807) is 35.5 Å². The van der Waals surface area contributed by atoms with Crippen LogP contribution in [0.1, 0.15) is 10.7 Å².